The molecule has 0 aliphatic heterocycles. The molecule has 9 heteroatoms. The molecule has 1 aromatic heterocycles. The van der Waals surface area contributed by atoms with E-state index in [1.54, 1.807) is 29.7 Å². The topological polar surface area (TPSA) is 97.3 Å². The zero-order valence-corrected chi connectivity index (χ0v) is 17.8. The molecule has 3 rings (SSSR count). The summed E-state index contributed by atoms with van der Waals surface area (Å²) in [5.74, 6) is 0.464. The number of para-hydroxylation sites is 2. The van der Waals surface area contributed by atoms with Crippen LogP contribution in [-0.2, 0) is 4.79 Å². The standard InChI is InChI=1S/C21H23N5O3S/c1-4-22-21(30)25-24-18(27)12-29-17-11-7-9-15-19(17)23-14(3)26(20(15)28)16-10-6-5-8-13(16)2/h5-11H,4,12H2,1-3H3,(H,24,27)(H2,22,25,30). The SMILES string of the molecule is CCNC(=S)NNC(=O)COc1cccc2c(=O)n(-c3ccccc3C)c(C)nc12. The molecule has 30 heavy (non-hydrogen) atoms. The van der Waals surface area contributed by atoms with Crippen LogP contribution in [0.5, 0.6) is 5.75 Å². The molecule has 0 radical (unpaired) electrons. The number of aryl methyl sites for hydroxylation is 2. The van der Waals surface area contributed by atoms with Gasteiger partial charge in [0.2, 0.25) is 0 Å². The molecule has 0 atom stereocenters. The minimum Gasteiger partial charge on any atom is -0.481 e. The highest BCUT2D eigenvalue weighted by molar-refractivity contribution is 7.80. The molecule has 3 N–H and O–H groups in total. The average Bonchev–Trinajstić information content (AvgIpc) is 2.72. The molecule has 0 aliphatic carbocycles. The molecule has 1 heterocycles. The predicted octanol–water partition coefficient (Wildman–Crippen LogP) is 1.90. The Bertz CT molecular complexity index is 1160. The van der Waals surface area contributed by atoms with Crippen molar-refractivity contribution < 1.29 is 9.53 Å². The molecule has 0 saturated carbocycles. The third-order valence-corrected chi connectivity index (χ3v) is 4.64. The number of ether oxygens (including phenoxy) is 1. The van der Waals surface area contributed by atoms with Gasteiger partial charge < -0.3 is 10.1 Å². The lowest BCUT2D eigenvalue weighted by Crippen LogP contribution is -2.48. The van der Waals surface area contributed by atoms with Crippen LogP contribution in [0, 0.1) is 13.8 Å². The van der Waals surface area contributed by atoms with Crippen LogP contribution in [0.3, 0.4) is 0 Å². The number of nitrogens with zero attached hydrogens (tertiary/aromatic N) is 2. The molecule has 8 nitrogen and oxygen atoms in total. The lowest BCUT2D eigenvalue weighted by Gasteiger charge is -2.15. The normalized spacial score (nSPS) is 10.5. The molecule has 0 unspecified atom stereocenters. The van der Waals surface area contributed by atoms with Gasteiger partial charge in [0, 0.05) is 6.54 Å². The number of benzene rings is 2. The number of aromatic nitrogens is 2. The zero-order chi connectivity index (χ0) is 21.7. The van der Waals surface area contributed by atoms with Crippen molar-refractivity contribution in [2.75, 3.05) is 13.2 Å². The minimum absolute atomic E-state index is 0.195. The zero-order valence-electron chi connectivity index (χ0n) is 17.0. The van der Waals surface area contributed by atoms with E-state index < -0.39 is 5.91 Å². The van der Waals surface area contributed by atoms with E-state index in [1.165, 1.54) is 0 Å². The molecular formula is C21H23N5O3S. The maximum absolute atomic E-state index is 13.2. The van der Waals surface area contributed by atoms with Crippen LogP contribution < -0.4 is 26.5 Å². The van der Waals surface area contributed by atoms with E-state index in [0.717, 1.165) is 11.3 Å². The van der Waals surface area contributed by atoms with Crippen molar-refractivity contribution in [2.24, 2.45) is 0 Å². The monoisotopic (exact) mass is 425 g/mol. The summed E-state index contributed by atoms with van der Waals surface area (Å²) < 4.78 is 7.21. The maximum Gasteiger partial charge on any atom is 0.276 e. The van der Waals surface area contributed by atoms with E-state index in [9.17, 15) is 9.59 Å². The molecular weight excluding hydrogens is 402 g/mol. The van der Waals surface area contributed by atoms with E-state index in [4.69, 9.17) is 17.0 Å². The summed E-state index contributed by atoms with van der Waals surface area (Å²) in [6, 6.07) is 12.7. The van der Waals surface area contributed by atoms with Gasteiger partial charge in [0.05, 0.1) is 11.1 Å². The summed E-state index contributed by atoms with van der Waals surface area (Å²) in [5, 5.41) is 3.57. The Morgan fingerprint density at radius 1 is 1.13 bits per heavy atom. The quantitative estimate of drug-likeness (QED) is 0.424. The van der Waals surface area contributed by atoms with E-state index in [0.29, 0.717) is 34.1 Å². The first-order chi connectivity index (χ1) is 14.4. The Morgan fingerprint density at radius 3 is 2.63 bits per heavy atom. The van der Waals surface area contributed by atoms with Crippen LogP contribution in [0.4, 0.5) is 0 Å². The fourth-order valence-corrected chi connectivity index (χ4v) is 3.21. The third kappa shape index (κ3) is 4.57. The number of thiocarbonyl (C=S) groups is 1. The molecule has 3 aromatic rings. The number of amides is 1. The van der Waals surface area contributed by atoms with Gasteiger partial charge in [-0.05, 0) is 56.8 Å². The molecule has 0 spiro atoms. The average molecular weight is 426 g/mol. The van der Waals surface area contributed by atoms with Gasteiger partial charge in [-0.1, -0.05) is 24.3 Å². The van der Waals surface area contributed by atoms with E-state index in [-0.39, 0.29) is 12.2 Å². The smallest absolute Gasteiger partial charge is 0.276 e. The highest BCUT2D eigenvalue weighted by Crippen LogP contribution is 2.23. The second-order valence-corrected chi connectivity index (χ2v) is 6.97. The first-order valence-corrected chi connectivity index (χ1v) is 9.87. The van der Waals surface area contributed by atoms with Crippen molar-refractivity contribution in [2.45, 2.75) is 20.8 Å². The highest BCUT2D eigenvalue weighted by atomic mass is 32.1. The minimum atomic E-state index is -0.419. The van der Waals surface area contributed by atoms with Crippen LogP contribution in [0.15, 0.2) is 47.3 Å². The van der Waals surface area contributed by atoms with Gasteiger partial charge in [0.25, 0.3) is 11.5 Å². The second kappa shape index (κ2) is 9.36. The fourth-order valence-electron chi connectivity index (χ4n) is 3.01. The number of hydrogen-bond donors (Lipinski definition) is 3. The number of nitrogens with one attached hydrogen (secondary N) is 3. The van der Waals surface area contributed by atoms with Gasteiger partial charge in [-0.15, -0.1) is 0 Å². The predicted molar refractivity (Wildman–Crippen MR) is 120 cm³/mol. The fraction of sp³-hybridized carbons (Fsp3) is 0.238. The first kappa shape index (κ1) is 21.3. The van der Waals surface area contributed by atoms with Crippen LogP contribution in [0.25, 0.3) is 16.6 Å². The van der Waals surface area contributed by atoms with E-state index in [1.807, 2.05) is 38.1 Å². The van der Waals surface area contributed by atoms with Crippen LogP contribution in [0.1, 0.15) is 18.3 Å². The van der Waals surface area contributed by atoms with Crippen LogP contribution >= 0.6 is 12.2 Å². The van der Waals surface area contributed by atoms with Gasteiger partial charge >= 0.3 is 0 Å². The number of carbonyl (C=O) groups excluding carboxylic acids is 1. The Labute approximate surface area is 179 Å². The van der Waals surface area contributed by atoms with Crippen molar-refractivity contribution >= 4 is 34.1 Å². The number of carbonyl (C=O) groups is 1. The van der Waals surface area contributed by atoms with Crippen molar-refractivity contribution in [3.8, 4) is 11.4 Å². The number of hydrazine groups is 1. The number of rotatable bonds is 5. The summed E-state index contributed by atoms with van der Waals surface area (Å²) >= 11 is 4.98. The third-order valence-electron chi connectivity index (χ3n) is 4.40. The molecule has 0 fully saturated rings. The van der Waals surface area contributed by atoms with E-state index in [2.05, 4.69) is 21.2 Å². The number of hydrogen-bond acceptors (Lipinski definition) is 5. The second-order valence-electron chi connectivity index (χ2n) is 6.56. The van der Waals surface area contributed by atoms with Crippen LogP contribution in [0.2, 0.25) is 0 Å². The summed E-state index contributed by atoms with van der Waals surface area (Å²) in [6.45, 7) is 5.98. The van der Waals surface area contributed by atoms with Crippen LogP contribution in [-0.4, -0.2) is 33.7 Å². The largest absolute Gasteiger partial charge is 0.481 e. The highest BCUT2D eigenvalue weighted by Gasteiger charge is 2.15. The van der Waals surface area contributed by atoms with Gasteiger partial charge in [-0.3, -0.25) is 25.0 Å². The Kier molecular flexibility index (Phi) is 6.63. The Hall–Kier alpha value is -3.46. The van der Waals surface area contributed by atoms with Crippen molar-refractivity contribution in [3.63, 3.8) is 0 Å². The van der Waals surface area contributed by atoms with Gasteiger partial charge in [-0.25, -0.2) is 4.98 Å². The lowest BCUT2D eigenvalue weighted by atomic mass is 10.1. The molecule has 0 aliphatic rings. The molecule has 0 bridgehead atoms. The summed E-state index contributed by atoms with van der Waals surface area (Å²) in [6.07, 6.45) is 0. The van der Waals surface area contributed by atoms with Crippen molar-refractivity contribution in [3.05, 3.63) is 64.2 Å². The summed E-state index contributed by atoms with van der Waals surface area (Å²) in [7, 11) is 0. The van der Waals surface area contributed by atoms with Gasteiger partial charge in [0.15, 0.2) is 11.7 Å². The summed E-state index contributed by atoms with van der Waals surface area (Å²) in [5.41, 5.74) is 6.98. The molecule has 0 saturated heterocycles. The van der Waals surface area contributed by atoms with Crippen molar-refractivity contribution in [1.29, 1.82) is 0 Å². The molecule has 1 amide bonds. The maximum atomic E-state index is 13.2. The lowest BCUT2D eigenvalue weighted by molar-refractivity contribution is -0.123. The molecule has 2 aromatic carbocycles. The summed E-state index contributed by atoms with van der Waals surface area (Å²) in [4.78, 5) is 29.8. The molecule has 156 valence electrons. The van der Waals surface area contributed by atoms with E-state index >= 15 is 0 Å². The number of fused-ring (bicyclic) bond motifs is 1. The van der Waals surface area contributed by atoms with Gasteiger partial charge in [0.1, 0.15) is 17.1 Å². The van der Waals surface area contributed by atoms with Gasteiger partial charge in [-0.2, -0.15) is 0 Å². The Balaban J connectivity index is 1.86. The first-order valence-electron chi connectivity index (χ1n) is 9.46. The van der Waals surface area contributed by atoms with Crippen molar-refractivity contribution in [1.82, 2.24) is 25.7 Å². The Morgan fingerprint density at radius 2 is 1.90 bits per heavy atom.